The predicted molar refractivity (Wildman–Crippen MR) is 101 cm³/mol. The first kappa shape index (κ1) is 21.4. The fraction of sp³-hybridized carbons (Fsp3) is 0.625. The van der Waals surface area contributed by atoms with E-state index in [-0.39, 0.29) is 28.8 Å². The number of thioether (sulfide) groups is 1. The first-order chi connectivity index (χ1) is 13.7. The number of nitrogens with one attached hydrogen (secondary N) is 1. The molecule has 1 fully saturated rings. The SMILES string of the molecule is CC(C)n1nccc1NC(=O)CSc1nnc(N2CCOCC2)n1CC(F)(F)F. The molecule has 0 atom stereocenters. The highest BCUT2D eigenvalue weighted by Crippen LogP contribution is 2.28. The van der Waals surface area contributed by atoms with Crippen LogP contribution >= 0.6 is 11.8 Å². The molecule has 0 bridgehead atoms. The summed E-state index contributed by atoms with van der Waals surface area (Å²) in [5.74, 6) is 0.178. The van der Waals surface area contributed by atoms with E-state index in [1.165, 1.54) is 0 Å². The molecule has 3 rings (SSSR count). The summed E-state index contributed by atoms with van der Waals surface area (Å²) in [4.78, 5) is 14.0. The Morgan fingerprint density at radius 3 is 2.69 bits per heavy atom. The Balaban J connectivity index is 1.70. The zero-order chi connectivity index (χ0) is 21.0. The van der Waals surface area contributed by atoms with E-state index in [0.29, 0.717) is 32.1 Å². The fourth-order valence-electron chi connectivity index (χ4n) is 2.84. The predicted octanol–water partition coefficient (Wildman–Crippen LogP) is 2.19. The molecule has 1 amide bonds. The lowest BCUT2D eigenvalue weighted by molar-refractivity contribution is -0.141. The van der Waals surface area contributed by atoms with Crippen molar-refractivity contribution >= 4 is 29.4 Å². The Kier molecular flexibility index (Phi) is 6.67. The molecule has 0 radical (unpaired) electrons. The maximum atomic E-state index is 13.1. The number of anilines is 2. The number of aromatic nitrogens is 5. The van der Waals surface area contributed by atoms with E-state index >= 15 is 0 Å². The summed E-state index contributed by atoms with van der Waals surface area (Å²) in [5.41, 5.74) is 0. The van der Waals surface area contributed by atoms with Gasteiger partial charge in [0.1, 0.15) is 12.4 Å². The van der Waals surface area contributed by atoms with Crippen LogP contribution < -0.4 is 10.2 Å². The molecule has 2 aromatic heterocycles. The minimum atomic E-state index is -4.44. The number of amides is 1. The molecular weight excluding hydrogens is 411 g/mol. The van der Waals surface area contributed by atoms with Gasteiger partial charge in [-0.05, 0) is 13.8 Å². The van der Waals surface area contributed by atoms with Crippen molar-refractivity contribution in [3.63, 3.8) is 0 Å². The summed E-state index contributed by atoms with van der Waals surface area (Å²) in [6, 6.07) is 1.71. The van der Waals surface area contributed by atoms with Crippen molar-refractivity contribution < 1.29 is 22.7 Å². The van der Waals surface area contributed by atoms with E-state index in [4.69, 9.17) is 4.74 Å². The number of halogens is 3. The average molecular weight is 433 g/mol. The van der Waals surface area contributed by atoms with Crippen LogP contribution in [0.3, 0.4) is 0 Å². The van der Waals surface area contributed by atoms with E-state index in [1.54, 1.807) is 21.8 Å². The zero-order valence-corrected chi connectivity index (χ0v) is 16.8. The van der Waals surface area contributed by atoms with Gasteiger partial charge in [0.25, 0.3) is 0 Å². The average Bonchev–Trinajstić information content (AvgIpc) is 3.26. The van der Waals surface area contributed by atoms with Gasteiger partial charge in [-0.1, -0.05) is 11.8 Å². The standard InChI is InChI=1S/C16H22F3N7O2S/c1-11(2)26-12(3-4-20-26)21-13(27)9-29-15-23-22-14(24-5-7-28-8-6-24)25(15)10-16(17,18)19/h3-4,11H,5-10H2,1-2H3,(H,21,27). The van der Waals surface area contributed by atoms with Crippen LogP contribution in [-0.4, -0.2) is 68.7 Å². The molecule has 2 aromatic rings. The third-order valence-electron chi connectivity index (χ3n) is 4.09. The van der Waals surface area contributed by atoms with Crippen LogP contribution in [0.25, 0.3) is 0 Å². The molecule has 13 heteroatoms. The van der Waals surface area contributed by atoms with Crippen LogP contribution in [0.2, 0.25) is 0 Å². The van der Waals surface area contributed by atoms with E-state index in [2.05, 4.69) is 20.6 Å². The van der Waals surface area contributed by atoms with Crippen molar-refractivity contribution in [1.82, 2.24) is 24.5 Å². The quantitative estimate of drug-likeness (QED) is 0.670. The molecule has 0 saturated carbocycles. The van der Waals surface area contributed by atoms with E-state index < -0.39 is 12.7 Å². The van der Waals surface area contributed by atoms with Gasteiger partial charge in [-0.2, -0.15) is 18.3 Å². The van der Waals surface area contributed by atoms with Crippen LogP contribution in [0, 0.1) is 0 Å². The molecule has 1 N–H and O–H groups in total. The Bertz CT molecular complexity index is 831. The Labute approximate surface area is 169 Å². The molecule has 0 aliphatic carbocycles. The number of rotatable bonds is 7. The summed E-state index contributed by atoms with van der Waals surface area (Å²) in [7, 11) is 0. The van der Waals surface area contributed by atoms with Crippen molar-refractivity contribution in [2.24, 2.45) is 0 Å². The second-order valence-corrected chi connectivity index (χ2v) is 7.62. The molecule has 9 nitrogen and oxygen atoms in total. The second-order valence-electron chi connectivity index (χ2n) is 6.67. The molecule has 3 heterocycles. The highest BCUT2D eigenvalue weighted by molar-refractivity contribution is 7.99. The smallest absolute Gasteiger partial charge is 0.378 e. The maximum Gasteiger partial charge on any atom is 0.406 e. The van der Waals surface area contributed by atoms with Crippen LogP contribution in [0.5, 0.6) is 0 Å². The van der Waals surface area contributed by atoms with Gasteiger partial charge in [0.15, 0.2) is 5.16 Å². The first-order valence-electron chi connectivity index (χ1n) is 9.03. The minimum Gasteiger partial charge on any atom is -0.378 e. The number of ether oxygens (including phenoxy) is 1. The Hall–Kier alpha value is -2.28. The van der Waals surface area contributed by atoms with Crippen LogP contribution in [0.1, 0.15) is 19.9 Å². The lowest BCUT2D eigenvalue weighted by atomic mass is 10.4. The number of alkyl halides is 3. The highest BCUT2D eigenvalue weighted by atomic mass is 32.2. The van der Waals surface area contributed by atoms with Gasteiger partial charge in [-0.25, -0.2) is 4.68 Å². The van der Waals surface area contributed by atoms with Crippen molar-refractivity contribution in [3.05, 3.63) is 12.3 Å². The van der Waals surface area contributed by atoms with Gasteiger partial charge in [-0.15, -0.1) is 10.2 Å². The van der Waals surface area contributed by atoms with Gasteiger partial charge >= 0.3 is 6.18 Å². The number of hydrogen-bond donors (Lipinski definition) is 1. The molecule has 0 aromatic carbocycles. The number of carbonyl (C=O) groups is 1. The summed E-state index contributed by atoms with van der Waals surface area (Å²) in [6.07, 6.45) is -2.87. The van der Waals surface area contributed by atoms with Gasteiger partial charge in [0.2, 0.25) is 11.9 Å². The third-order valence-corrected chi connectivity index (χ3v) is 5.05. The van der Waals surface area contributed by atoms with Gasteiger partial charge in [-0.3, -0.25) is 9.36 Å². The minimum absolute atomic E-state index is 0.0383. The first-order valence-corrected chi connectivity index (χ1v) is 10.0. The molecule has 29 heavy (non-hydrogen) atoms. The van der Waals surface area contributed by atoms with Crippen LogP contribution in [0.15, 0.2) is 17.4 Å². The monoisotopic (exact) mass is 433 g/mol. The highest BCUT2D eigenvalue weighted by Gasteiger charge is 2.33. The number of hydrogen-bond acceptors (Lipinski definition) is 7. The molecule has 160 valence electrons. The van der Waals surface area contributed by atoms with Gasteiger partial charge in [0, 0.05) is 25.2 Å². The van der Waals surface area contributed by atoms with Gasteiger partial charge < -0.3 is 15.0 Å². The Morgan fingerprint density at radius 2 is 2.03 bits per heavy atom. The fourth-order valence-corrected chi connectivity index (χ4v) is 3.57. The summed E-state index contributed by atoms with van der Waals surface area (Å²) >= 11 is 0.907. The summed E-state index contributed by atoms with van der Waals surface area (Å²) < 4.78 is 47.2. The van der Waals surface area contributed by atoms with E-state index in [0.717, 1.165) is 16.3 Å². The van der Waals surface area contributed by atoms with Crippen molar-refractivity contribution in [3.8, 4) is 0 Å². The number of morpholine rings is 1. The topological polar surface area (TPSA) is 90.1 Å². The van der Waals surface area contributed by atoms with Crippen molar-refractivity contribution in [2.45, 2.75) is 37.8 Å². The Morgan fingerprint density at radius 1 is 1.31 bits per heavy atom. The third kappa shape index (κ3) is 5.63. The summed E-state index contributed by atoms with van der Waals surface area (Å²) in [6.45, 7) is 4.30. The molecule has 1 aliphatic heterocycles. The number of nitrogens with zero attached hydrogens (tertiary/aromatic N) is 6. The maximum absolute atomic E-state index is 13.1. The lowest BCUT2D eigenvalue weighted by Gasteiger charge is -2.28. The summed E-state index contributed by atoms with van der Waals surface area (Å²) in [5, 5.41) is 14.7. The van der Waals surface area contributed by atoms with Gasteiger partial charge in [0.05, 0.1) is 25.2 Å². The normalized spacial score (nSPS) is 15.2. The number of carbonyl (C=O) groups excluding carboxylic acids is 1. The van der Waals surface area contributed by atoms with E-state index in [1.807, 2.05) is 13.8 Å². The molecule has 1 aliphatic rings. The van der Waals surface area contributed by atoms with Crippen LogP contribution in [0.4, 0.5) is 24.9 Å². The molecule has 0 spiro atoms. The lowest BCUT2D eigenvalue weighted by Crippen LogP contribution is -2.38. The van der Waals surface area contributed by atoms with Crippen molar-refractivity contribution in [1.29, 1.82) is 0 Å². The largest absolute Gasteiger partial charge is 0.406 e. The van der Waals surface area contributed by atoms with Crippen molar-refractivity contribution in [2.75, 3.05) is 42.3 Å². The molecule has 0 unspecified atom stereocenters. The second kappa shape index (κ2) is 9.03. The zero-order valence-electron chi connectivity index (χ0n) is 16.0. The molecule has 1 saturated heterocycles. The molecular formula is C16H22F3N7O2S. The van der Waals surface area contributed by atoms with E-state index in [9.17, 15) is 18.0 Å². The van der Waals surface area contributed by atoms with Crippen LogP contribution in [-0.2, 0) is 16.1 Å².